The molecule has 2 saturated heterocycles. The highest BCUT2D eigenvalue weighted by Crippen LogP contribution is 2.27. The average molecular weight is 361 g/mol. The molecule has 6 heteroatoms. The number of hydrogen-bond acceptors (Lipinski definition) is 4. The van der Waals surface area contributed by atoms with Gasteiger partial charge < -0.3 is 20.4 Å². The van der Waals surface area contributed by atoms with Gasteiger partial charge in [-0.3, -0.25) is 0 Å². The molecule has 2 atom stereocenters. The largest absolute Gasteiger partial charge is 0.368 e. The van der Waals surface area contributed by atoms with Gasteiger partial charge in [0.1, 0.15) is 0 Å². The molecule has 0 radical (unpaired) electrons. The van der Waals surface area contributed by atoms with Crippen LogP contribution < -0.4 is 20.4 Å². The van der Waals surface area contributed by atoms with Gasteiger partial charge in [-0.2, -0.15) is 0 Å². The summed E-state index contributed by atoms with van der Waals surface area (Å²) in [7, 11) is 0. The zero-order valence-electron chi connectivity index (χ0n) is 14.3. The molecule has 0 spiro atoms. The molecule has 0 saturated carbocycles. The van der Waals surface area contributed by atoms with E-state index >= 15 is 0 Å². The Morgan fingerprint density at radius 2 is 1.87 bits per heavy atom. The van der Waals surface area contributed by atoms with E-state index in [9.17, 15) is 0 Å². The van der Waals surface area contributed by atoms with Crippen LogP contribution in [0.2, 0.25) is 0 Å². The molecule has 3 rings (SSSR count). The van der Waals surface area contributed by atoms with Crippen LogP contribution in [0.3, 0.4) is 0 Å². The maximum atomic E-state index is 3.51. The van der Waals surface area contributed by atoms with Crippen LogP contribution in [0.4, 0.5) is 11.4 Å². The number of nitrogens with zero attached hydrogens (tertiary/aromatic N) is 2. The minimum atomic E-state index is 0. The summed E-state index contributed by atoms with van der Waals surface area (Å²) in [5.74, 6) is 0. The van der Waals surface area contributed by atoms with Crippen molar-refractivity contribution < 1.29 is 0 Å². The van der Waals surface area contributed by atoms with Gasteiger partial charge in [-0.15, -0.1) is 24.8 Å². The van der Waals surface area contributed by atoms with Crippen LogP contribution in [0, 0.1) is 6.92 Å². The summed E-state index contributed by atoms with van der Waals surface area (Å²) in [6.07, 6.45) is 0. The van der Waals surface area contributed by atoms with Crippen molar-refractivity contribution in [3.63, 3.8) is 0 Å². The van der Waals surface area contributed by atoms with E-state index in [2.05, 4.69) is 59.4 Å². The fourth-order valence-corrected chi connectivity index (χ4v) is 3.55. The molecule has 23 heavy (non-hydrogen) atoms. The Bertz CT molecular complexity index is 497. The minimum Gasteiger partial charge on any atom is -0.368 e. The second kappa shape index (κ2) is 8.97. The molecule has 1 aromatic rings. The van der Waals surface area contributed by atoms with E-state index in [1.54, 1.807) is 0 Å². The Hall–Kier alpha value is -0.680. The van der Waals surface area contributed by atoms with Gasteiger partial charge in [0.15, 0.2) is 0 Å². The second-order valence-electron chi connectivity index (χ2n) is 6.52. The molecule has 2 N–H and O–H groups in total. The predicted molar refractivity (Wildman–Crippen MR) is 105 cm³/mol. The summed E-state index contributed by atoms with van der Waals surface area (Å²) >= 11 is 0. The van der Waals surface area contributed by atoms with Crippen LogP contribution in [-0.2, 0) is 0 Å². The molecular weight excluding hydrogens is 331 g/mol. The lowest BCUT2D eigenvalue weighted by Crippen LogP contribution is -2.50. The van der Waals surface area contributed by atoms with E-state index in [0.29, 0.717) is 12.1 Å². The lowest BCUT2D eigenvalue weighted by atomic mass is 10.1. The molecule has 0 amide bonds. The van der Waals surface area contributed by atoms with Crippen molar-refractivity contribution in [2.24, 2.45) is 0 Å². The topological polar surface area (TPSA) is 30.5 Å². The third-order valence-corrected chi connectivity index (χ3v) is 4.72. The fraction of sp³-hybridized carbons (Fsp3) is 0.647. The van der Waals surface area contributed by atoms with Gasteiger partial charge in [-0.25, -0.2) is 0 Å². The van der Waals surface area contributed by atoms with Crippen LogP contribution in [-0.4, -0.2) is 51.4 Å². The highest BCUT2D eigenvalue weighted by molar-refractivity contribution is 5.85. The average Bonchev–Trinajstić information content (AvgIpc) is 2.47. The maximum absolute atomic E-state index is 3.51. The molecule has 2 fully saturated rings. The number of hydrogen-bond donors (Lipinski definition) is 2. The first kappa shape index (κ1) is 20.4. The molecule has 2 heterocycles. The molecule has 0 aliphatic carbocycles. The SMILES string of the molecule is Cc1cc(N2CCNC[C@H]2C)ccc1N1CCN[C@@H](C)C1.Cl.Cl. The Morgan fingerprint density at radius 1 is 1.09 bits per heavy atom. The van der Waals surface area contributed by atoms with Crippen LogP contribution >= 0.6 is 24.8 Å². The molecular formula is C17H30Cl2N4. The molecule has 0 unspecified atom stereocenters. The quantitative estimate of drug-likeness (QED) is 0.847. The van der Waals surface area contributed by atoms with E-state index in [0.717, 1.165) is 39.3 Å². The number of benzene rings is 1. The first-order valence-electron chi connectivity index (χ1n) is 8.21. The number of anilines is 2. The summed E-state index contributed by atoms with van der Waals surface area (Å²) in [6.45, 7) is 13.4. The van der Waals surface area contributed by atoms with Gasteiger partial charge in [-0.05, 0) is 44.5 Å². The number of aryl methyl sites for hydroxylation is 1. The van der Waals surface area contributed by atoms with Crippen molar-refractivity contribution in [2.45, 2.75) is 32.9 Å². The molecule has 2 aliphatic rings. The summed E-state index contributed by atoms with van der Waals surface area (Å²) in [4.78, 5) is 5.04. The van der Waals surface area contributed by atoms with Gasteiger partial charge in [0.05, 0.1) is 0 Å². The van der Waals surface area contributed by atoms with Crippen LogP contribution in [0.5, 0.6) is 0 Å². The minimum absolute atomic E-state index is 0. The number of piperazine rings is 2. The van der Waals surface area contributed by atoms with Gasteiger partial charge in [0.2, 0.25) is 0 Å². The van der Waals surface area contributed by atoms with Gasteiger partial charge in [0, 0.05) is 62.7 Å². The fourth-order valence-electron chi connectivity index (χ4n) is 3.55. The third-order valence-electron chi connectivity index (χ3n) is 4.72. The van der Waals surface area contributed by atoms with Crippen LogP contribution in [0.15, 0.2) is 18.2 Å². The number of nitrogens with one attached hydrogen (secondary N) is 2. The van der Waals surface area contributed by atoms with E-state index in [-0.39, 0.29) is 24.8 Å². The summed E-state index contributed by atoms with van der Waals surface area (Å²) in [5.41, 5.74) is 4.16. The standard InChI is InChI=1S/C17H28N4.2ClH/c1-13-10-16(21-9-6-18-11-15(21)3)4-5-17(13)20-8-7-19-14(2)12-20;;/h4-5,10,14-15,18-19H,6-9,11-12H2,1-3H3;2*1H/t14-,15+;;/m0../s1. The number of halogens is 2. The molecule has 2 aliphatic heterocycles. The van der Waals surface area contributed by atoms with Crippen LogP contribution in [0.1, 0.15) is 19.4 Å². The second-order valence-corrected chi connectivity index (χ2v) is 6.52. The third kappa shape index (κ3) is 4.66. The van der Waals surface area contributed by atoms with Crippen LogP contribution in [0.25, 0.3) is 0 Å². The first-order valence-corrected chi connectivity index (χ1v) is 8.21. The molecule has 132 valence electrons. The van der Waals surface area contributed by atoms with Gasteiger partial charge in [-0.1, -0.05) is 0 Å². The van der Waals surface area contributed by atoms with Gasteiger partial charge >= 0.3 is 0 Å². The molecule has 1 aromatic carbocycles. The predicted octanol–water partition coefficient (Wildman–Crippen LogP) is 2.43. The first-order chi connectivity index (χ1) is 10.1. The van der Waals surface area contributed by atoms with Gasteiger partial charge in [0.25, 0.3) is 0 Å². The van der Waals surface area contributed by atoms with E-state index in [4.69, 9.17) is 0 Å². The summed E-state index contributed by atoms with van der Waals surface area (Å²) < 4.78 is 0. The Morgan fingerprint density at radius 3 is 2.52 bits per heavy atom. The normalized spacial score (nSPS) is 24.7. The van der Waals surface area contributed by atoms with Crippen molar-refractivity contribution in [1.82, 2.24) is 10.6 Å². The highest BCUT2D eigenvalue weighted by Gasteiger charge is 2.21. The summed E-state index contributed by atoms with van der Waals surface area (Å²) in [5, 5.41) is 6.97. The molecule has 4 nitrogen and oxygen atoms in total. The van der Waals surface area contributed by atoms with E-state index in [1.807, 2.05) is 0 Å². The lowest BCUT2D eigenvalue weighted by Gasteiger charge is -2.37. The monoisotopic (exact) mass is 360 g/mol. The summed E-state index contributed by atoms with van der Waals surface area (Å²) in [6, 6.07) is 8.13. The maximum Gasteiger partial charge on any atom is 0.0398 e. The Labute approximate surface area is 152 Å². The molecule has 0 bridgehead atoms. The number of rotatable bonds is 2. The highest BCUT2D eigenvalue weighted by atomic mass is 35.5. The Balaban J connectivity index is 0.00000132. The van der Waals surface area contributed by atoms with E-state index < -0.39 is 0 Å². The van der Waals surface area contributed by atoms with Crippen molar-refractivity contribution in [3.8, 4) is 0 Å². The lowest BCUT2D eigenvalue weighted by molar-refractivity contribution is 0.484. The smallest absolute Gasteiger partial charge is 0.0398 e. The van der Waals surface area contributed by atoms with E-state index in [1.165, 1.54) is 16.9 Å². The Kier molecular flexibility index (Phi) is 7.95. The van der Waals surface area contributed by atoms with Crippen molar-refractivity contribution >= 4 is 36.2 Å². The van der Waals surface area contributed by atoms with Crippen molar-refractivity contribution in [3.05, 3.63) is 23.8 Å². The molecule has 0 aromatic heterocycles. The zero-order chi connectivity index (χ0) is 14.8. The zero-order valence-corrected chi connectivity index (χ0v) is 16.0. The van der Waals surface area contributed by atoms with Crippen molar-refractivity contribution in [2.75, 3.05) is 49.1 Å². The van der Waals surface area contributed by atoms with Crippen molar-refractivity contribution in [1.29, 1.82) is 0 Å².